The third-order valence-corrected chi connectivity index (χ3v) is 4.25. The molecule has 0 radical (unpaired) electrons. The molecule has 2 N–H and O–H groups in total. The average molecular weight is 372 g/mol. The Labute approximate surface area is 158 Å². The lowest BCUT2D eigenvalue weighted by Crippen LogP contribution is -2.26. The summed E-state index contributed by atoms with van der Waals surface area (Å²) in [5, 5.41) is 9.75. The van der Waals surface area contributed by atoms with Crippen LogP contribution in [0.15, 0.2) is 42.6 Å². The first kappa shape index (κ1) is 20.4. The summed E-state index contributed by atoms with van der Waals surface area (Å²) in [6, 6.07) is 7.36. The van der Waals surface area contributed by atoms with Gasteiger partial charge < -0.3 is 10.6 Å². The second kappa shape index (κ2) is 9.12. The van der Waals surface area contributed by atoms with Gasteiger partial charge in [-0.3, -0.25) is 14.3 Å². The number of nitrogens with zero attached hydrogens (tertiary/aromatic N) is 2. The topological polar surface area (TPSA) is 76.0 Å². The SMILES string of the molecule is C=C(CCC(C)C(=O)Nc1ccc(F)cc1)NC(=O)c1cc(CC)nn1C. The second-order valence-electron chi connectivity index (χ2n) is 6.49. The van der Waals surface area contributed by atoms with Crippen molar-refractivity contribution in [3.8, 4) is 0 Å². The van der Waals surface area contributed by atoms with Crippen LogP contribution in [0, 0.1) is 11.7 Å². The smallest absolute Gasteiger partial charge is 0.273 e. The Morgan fingerprint density at radius 2 is 1.96 bits per heavy atom. The molecule has 1 unspecified atom stereocenters. The van der Waals surface area contributed by atoms with Crippen molar-refractivity contribution in [1.82, 2.24) is 15.1 Å². The molecular weight excluding hydrogens is 347 g/mol. The molecule has 1 aromatic heterocycles. The van der Waals surface area contributed by atoms with Gasteiger partial charge in [-0.25, -0.2) is 4.39 Å². The molecule has 1 aromatic carbocycles. The van der Waals surface area contributed by atoms with Gasteiger partial charge in [0.2, 0.25) is 5.91 Å². The minimum atomic E-state index is -0.354. The van der Waals surface area contributed by atoms with E-state index in [2.05, 4.69) is 22.3 Å². The molecule has 27 heavy (non-hydrogen) atoms. The van der Waals surface area contributed by atoms with Gasteiger partial charge in [0.15, 0.2) is 0 Å². The fraction of sp³-hybridized carbons (Fsp3) is 0.350. The minimum absolute atomic E-state index is 0.167. The lowest BCUT2D eigenvalue weighted by atomic mass is 10.0. The maximum atomic E-state index is 12.9. The number of carbonyl (C=O) groups is 2. The van der Waals surface area contributed by atoms with Crippen molar-refractivity contribution in [3.05, 3.63) is 59.8 Å². The molecule has 0 saturated heterocycles. The summed E-state index contributed by atoms with van der Waals surface area (Å²) in [6.45, 7) is 7.63. The van der Waals surface area contributed by atoms with E-state index in [0.29, 0.717) is 29.9 Å². The molecule has 7 heteroatoms. The zero-order valence-electron chi connectivity index (χ0n) is 15.9. The van der Waals surface area contributed by atoms with Gasteiger partial charge in [-0.1, -0.05) is 20.4 Å². The summed E-state index contributed by atoms with van der Waals surface area (Å²) in [4.78, 5) is 24.5. The number of allylic oxidation sites excluding steroid dienone is 1. The Morgan fingerprint density at radius 3 is 2.56 bits per heavy atom. The van der Waals surface area contributed by atoms with E-state index in [0.717, 1.165) is 12.1 Å². The summed E-state index contributed by atoms with van der Waals surface area (Å²) in [5.74, 6) is -1.07. The molecule has 0 saturated carbocycles. The van der Waals surface area contributed by atoms with Crippen LogP contribution in [0.25, 0.3) is 0 Å². The number of amides is 2. The molecule has 144 valence electrons. The van der Waals surface area contributed by atoms with Gasteiger partial charge in [0, 0.05) is 24.4 Å². The summed E-state index contributed by atoms with van der Waals surface area (Å²) >= 11 is 0. The molecular formula is C20H25FN4O2. The van der Waals surface area contributed by atoms with Crippen LogP contribution < -0.4 is 10.6 Å². The van der Waals surface area contributed by atoms with Gasteiger partial charge in [-0.15, -0.1) is 0 Å². The summed E-state index contributed by atoms with van der Waals surface area (Å²) < 4.78 is 14.4. The van der Waals surface area contributed by atoms with E-state index in [1.54, 1.807) is 24.7 Å². The van der Waals surface area contributed by atoms with Gasteiger partial charge in [0.25, 0.3) is 5.91 Å². The van der Waals surface area contributed by atoms with Gasteiger partial charge in [0.1, 0.15) is 11.5 Å². The van der Waals surface area contributed by atoms with Crippen LogP contribution in [0.3, 0.4) is 0 Å². The standard InChI is InChI=1S/C20H25FN4O2/c1-5-16-12-18(25(4)24-16)20(27)22-14(3)7-6-13(2)19(26)23-17-10-8-15(21)9-11-17/h8-13H,3,5-7H2,1-2,4H3,(H,22,27)(H,23,26). The van der Waals surface area contributed by atoms with Crippen LogP contribution in [0.5, 0.6) is 0 Å². The molecule has 6 nitrogen and oxygen atoms in total. The average Bonchev–Trinajstić information content (AvgIpc) is 3.02. The second-order valence-corrected chi connectivity index (χ2v) is 6.49. The molecule has 1 atom stereocenters. The van der Waals surface area contributed by atoms with Crippen LogP contribution >= 0.6 is 0 Å². The van der Waals surface area contributed by atoms with Gasteiger partial charge in [0.05, 0.1) is 5.69 Å². The monoisotopic (exact) mass is 372 g/mol. The van der Waals surface area contributed by atoms with Gasteiger partial charge in [-0.05, 0) is 49.6 Å². The molecule has 1 heterocycles. The molecule has 0 bridgehead atoms. The number of rotatable bonds is 8. The summed E-state index contributed by atoms with van der Waals surface area (Å²) in [7, 11) is 1.72. The highest BCUT2D eigenvalue weighted by atomic mass is 19.1. The first-order valence-electron chi connectivity index (χ1n) is 8.88. The third kappa shape index (κ3) is 5.77. The number of hydrogen-bond acceptors (Lipinski definition) is 3. The van der Waals surface area contributed by atoms with Crippen molar-refractivity contribution >= 4 is 17.5 Å². The summed E-state index contributed by atoms with van der Waals surface area (Å²) in [6.07, 6.45) is 1.75. The molecule has 0 aliphatic carbocycles. The van der Waals surface area contributed by atoms with Crippen molar-refractivity contribution in [2.24, 2.45) is 13.0 Å². The highest BCUT2D eigenvalue weighted by Gasteiger charge is 2.16. The normalized spacial score (nSPS) is 11.7. The Hall–Kier alpha value is -2.96. The number of hydrogen-bond donors (Lipinski definition) is 2. The number of benzene rings is 1. The summed E-state index contributed by atoms with van der Waals surface area (Å²) in [5.41, 5.74) is 2.40. The molecule has 0 aliphatic heterocycles. The largest absolute Gasteiger partial charge is 0.326 e. The third-order valence-electron chi connectivity index (χ3n) is 4.25. The predicted octanol–water partition coefficient (Wildman–Crippen LogP) is 3.42. The number of aromatic nitrogens is 2. The van der Waals surface area contributed by atoms with Crippen LogP contribution in [0.1, 0.15) is 42.9 Å². The maximum Gasteiger partial charge on any atom is 0.273 e. The number of halogens is 1. The first-order valence-corrected chi connectivity index (χ1v) is 8.88. The first-order chi connectivity index (χ1) is 12.8. The van der Waals surface area contributed by atoms with E-state index < -0.39 is 0 Å². The minimum Gasteiger partial charge on any atom is -0.326 e. The highest BCUT2D eigenvalue weighted by molar-refractivity contribution is 5.94. The van der Waals surface area contributed by atoms with Crippen LogP contribution in [-0.4, -0.2) is 21.6 Å². The van der Waals surface area contributed by atoms with Gasteiger partial charge in [-0.2, -0.15) is 5.10 Å². The lowest BCUT2D eigenvalue weighted by molar-refractivity contribution is -0.119. The number of carbonyl (C=O) groups excluding carboxylic acids is 2. The predicted molar refractivity (Wildman–Crippen MR) is 103 cm³/mol. The van der Waals surface area contributed by atoms with Crippen molar-refractivity contribution in [2.75, 3.05) is 5.32 Å². The van der Waals surface area contributed by atoms with E-state index in [9.17, 15) is 14.0 Å². The Balaban J connectivity index is 1.81. The number of aryl methyl sites for hydroxylation is 2. The van der Waals surface area contributed by atoms with Crippen molar-refractivity contribution in [3.63, 3.8) is 0 Å². The highest BCUT2D eigenvalue weighted by Crippen LogP contribution is 2.15. The molecule has 2 aromatic rings. The number of nitrogens with one attached hydrogen (secondary N) is 2. The van der Waals surface area contributed by atoms with Crippen molar-refractivity contribution in [1.29, 1.82) is 0 Å². The maximum absolute atomic E-state index is 12.9. The van der Waals surface area contributed by atoms with E-state index in [4.69, 9.17) is 0 Å². The zero-order valence-corrected chi connectivity index (χ0v) is 15.9. The Kier molecular flexibility index (Phi) is 6.87. The molecule has 2 amide bonds. The van der Waals surface area contributed by atoms with Gasteiger partial charge >= 0.3 is 0 Å². The van der Waals surface area contributed by atoms with Crippen LogP contribution in [-0.2, 0) is 18.3 Å². The molecule has 2 rings (SSSR count). The van der Waals surface area contributed by atoms with E-state index in [1.807, 2.05) is 6.92 Å². The Morgan fingerprint density at radius 1 is 1.30 bits per heavy atom. The van der Waals surface area contributed by atoms with Crippen LogP contribution in [0.4, 0.5) is 10.1 Å². The quantitative estimate of drug-likeness (QED) is 0.745. The fourth-order valence-electron chi connectivity index (χ4n) is 2.52. The lowest BCUT2D eigenvalue weighted by Gasteiger charge is -2.14. The van der Waals surface area contributed by atoms with Crippen molar-refractivity contribution < 1.29 is 14.0 Å². The zero-order chi connectivity index (χ0) is 20.0. The van der Waals surface area contributed by atoms with E-state index in [1.165, 1.54) is 24.3 Å². The molecule has 0 fully saturated rings. The van der Waals surface area contributed by atoms with E-state index in [-0.39, 0.29) is 23.5 Å². The molecule has 0 aliphatic rings. The van der Waals surface area contributed by atoms with Crippen LogP contribution in [0.2, 0.25) is 0 Å². The molecule has 0 spiro atoms. The van der Waals surface area contributed by atoms with E-state index >= 15 is 0 Å². The fourth-order valence-corrected chi connectivity index (χ4v) is 2.52. The number of anilines is 1. The van der Waals surface area contributed by atoms with Crippen molar-refractivity contribution in [2.45, 2.75) is 33.1 Å². The Bertz CT molecular complexity index is 827.